The molecular weight excluding hydrogens is 286 g/mol. The fourth-order valence-electron chi connectivity index (χ4n) is 2.31. The lowest BCUT2D eigenvalue weighted by atomic mass is 10.0. The normalized spacial score (nSPS) is 10.5. The van der Waals surface area contributed by atoms with Gasteiger partial charge in [0.15, 0.2) is 0 Å². The number of halogens is 1. The summed E-state index contributed by atoms with van der Waals surface area (Å²) in [4.78, 5) is 14.9. The van der Waals surface area contributed by atoms with Crippen LogP contribution in [0.1, 0.15) is 5.69 Å². The molecule has 2 aromatic carbocycles. The zero-order valence-electron chi connectivity index (χ0n) is 11.1. The van der Waals surface area contributed by atoms with Crippen LogP contribution in [0, 0.1) is 0 Å². The molecule has 0 aliphatic rings. The Balaban J connectivity index is 2.22. The Hall–Kier alpha value is -2.39. The molecule has 0 amide bonds. The SMILES string of the molecule is O=COCc1cc(-c2ccccc2)c2ccc(Cl)cc2n1. The highest BCUT2D eigenvalue weighted by Gasteiger charge is 2.08. The van der Waals surface area contributed by atoms with E-state index in [0.29, 0.717) is 17.2 Å². The first kappa shape index (κ1) is 13.6. The molecule has 104 valence electrons. The number of nitrogens with zero attached hydrogens (tertiary/aromatic N) is 1. The van der Waals surface area contributed by atoms with Crippen LogP contribution >= 0.6 is 11.6 Å². The van der Waals surface area contributed by atoms with Gasteiger partial charge in [0.05, 0.1) is 11.2 Å². The molecule has 0 spiro atoms. The Bertz CT molecular complexity index is 787. The van der Waals surface area contributed by atoms with Crippen LogP contribution in [-0.2, 0) is 16.1 Å². The lowest BCUT2D eigenvalue weighted by molar-refractivity contribution is -0.129. The Morgan fingerprint density at radius 3 is 2.67 bits per heavy atom. The topological polar surface area (TPSA) is 39.2 Å². The molecular formula is C17H12ClNO2. The summed E-state index contributed by atoms with van der Waals surface area (Å²) >= 11 is 6.05. The predicted octanol–water partition coefficient (Wildman–Crippen LogP) is 4.23. The first-order valence-electron chi connectivity index (χ1n) is 6.48. The van der Waals surface area contributed by atoms with E-state index in [1.165, 1.54) is 0 Å². The molecule has 0 saturated carbocycles. The van der Waals surface area contributed by atoms with Crippen LogP contribution in [0.4, 0.5) is 0 Å². The third-order valence-corrected chi connectivity index (χ3v) is 3.44. The second-order valence-electron chi connectivity index (χ2n) is 4.60. The van der Waals surface area contributed by atoms with E-state index in [1.807, 2.05) is 54.6 Å². The molecule has 0 unspecified atom stereocenters. The maximum atomic E-state index is 10.4. The first-order chi connectivity index (χ1) is 10.3. The Morgan fingerprint density at radius 2 is 1.90 bits per heavy atom. The van der Waals surface area contributed by atoms with Gasteiger partial charge in [0, 0.05) is 10.4 Å². The molecule has 1 aromatic heterocycles. The van der Waals surface area contributed by atoms with Crippen molar-refractivity contribution in [3.63, 3.8) is 0 Å². The van der Waals surface area contributed by atoms with Crippen molar-refractivity contribution in [2.45, 2.75) is 6.61 Å². The molecule has 0 aliphatic heterocycles. The molecule has 21 heavy (non-hydrogen) atoms. The van der Waals surface area contributed by atoms with E-state index >= 15 is 0 Å². The van der Waals surface area contributed by atoms with Gasteiger partial charge in [0.1, 0.15) is 6.61 Å². The van der Waals surface area contributed by atoms with Gasteiger partial charge < -0.3 is 4.74 Å². The third kappa shape index (κ3) is 2.88. The minimum absolute atomic E-state index is 0.145. The van der Waals surface area contributed by atoms with E-state index < -0.39 is 0 Å². The van der Waals surface area contributed by atoms with E-state index in [9.17, 15) is 4.79 Å². The van der Waals surface area contributed by atoms with Crippen molar-refractivity contribution in [1.29, 1.82) is 0 Å². The largest absolute Gasteiger partial charge is 0.461 e. The van der Waals surface area contributed by atoms with Crippen LogP contribution < -0.4 is 0 Å². The van der Waals surface area contributed by atoms with Crippen molar-refractivity contribution in [3.8, 4) is 11.1 Å². The van der Waals surface area contributed by atoms with Crippen LogP contribution in [0.2, 0.25) is 5.02 Å². The van der Waals surface area contributed by atoms with E-state index in [0.717, 1.165) is 22.0 Å². The molecule has 0 saturated heterocycles. The number of fused-ring (bicyclic) bond motifs is 1. The summed E-state index contributed by atoms with van der Waals surface area (Å²) < 4.78 is 4.81. The van der Waals surface area contributed by atoms with Gasteiger partial charge >= 0.3 is 0 Å². The Labute approximate surface area is 127 Å². The number of hydrogen-bond donors (Lipinski definition) is 0. The summed E-state index contributed by atoms with van der Waals surface area (Å²) in [6.45, 7) is 0.567. The van der Waals surface area contributed by atoms with Gasteiger partial charge in [-0.1, -0.05) is 48.0 Å². The number of aromatic nitrogens is 1. The molecule has 0 bridgehead atoms. The summed E-state index contributed by atoms with van der Waals surface area (Å²) in [6, 6.07) is 17.6. The maximum absolute atomic E-state index is 10.4. The van der Waals surface area contributed by atoms with E-state index in [4.69, 9.17) is 16.3 Å². The van der Waals surface area contributed by atoms with Crippen molar-refractivity contribution < 1.29 is 9.53 Å². The zero-order chi connectivity index (χ0) is 14.7. The summed E-state index contributed by atoms with van der Waals surface area (Å²) in [7, 11) is 0. The quantitative estimate of drug-likeness (QED) is 0.677. The average molecular weight is 298 g/mol. The van der Waals surface area contributed by atoms with E-state index in [-0.39, 0.29) is 6.61 Å². The Kier molecular flexibility index (Phi) is 3.84. The lowest BCUT2D eigenvalue weighted by Gasteiger charge is -2.10. The van der Waals surface area contributed by atoms with Gasteiger partial charge in [-0.05, 0) is 29.3 Å². The summed E-state index contributed by atoms with van der Waals surface area (Å²) in [5.41, 5.74) is 3.60. The number of carbonyl (C=O) groups excluding carboxylic acids is 1. The number of pyridine rings is 1. The van der Waals surface area contributed by atoms with Gasteiger partial charge in [0.2, 0.25) is 0 Å². The predicted molar refractivity (Wildman–Crippen MR) is 83.0 cm³/mol. The number of rotatable bonds is 4. The fraction of sp³-hybridized carbons (Fsp3) is 0.0588. The van der Waals surface area contributed by atoms with Crippen molar-refractivity contribution >= 4 is 29.0 Å². The summed E-state index contributed by atoms with van der Waals surface area (Å²) in [5, 5.41) is 1.64. The van der Waals surface area contributed by atoms with Crippen LogP contribution in [-0.4, -0.2) is 11.5 Å². The highest BCUT2D eigenvalue weighted by Crippen LogP contribution is 2.30. The highest BCUT2D eigenvalue weighted by molar-refractivity contribution is 6.31. The van der Waals surface area contributed by atoms with E-state index in [1.54, 1.807) is 0 Å². The van der Waals surface area contributed by atoms with Crippen molar-refractivity contribution in [2.75, 3.05) is 0 Å². The third-order valence-electron chi connectivity index (χ3n) is 3.21. The maximum Gasteiger partial charge on any atom is 0.293 e. The summed E-state index contributed by atoms with van der Waals surface area (Å²) in [5.74, 6) is 0. The Morgan fingerprint density at radius 1 is 1.10 bits per heavy atom. The first-order valence-corrected chi connectivity index (χ1v) is 6.85. The molecule has 3 nitrogen and oxygen atoms in total. The second kappa shape index (κ2) is 5.94. The molecule has 0 aliphatic carbocycles. The molecule has 3 aromatic rings. The van der Waals surface area contributed by atoms with Gasteiger partial charge in [-0.25, -0.2) is 4.98 Å². The minimum Gasteiger partial charge on any atom is -0.461 e. The van der Waals surface area contributed by atoms with Crippen molar-refractivity contribution in [2.24, 2.45) is 0 Å². The van der Waals surface area contributed by atoms with Crippen molar-refractivity contribution in [1.82, 2.24) is 4.98 Å². The monoisotopic (exact) mass is 297 g/mol. The van der Waals surface area contributed by atoms with Crippen LogP contribution in [0.25, 0.3) is 22.0 Å². The number of carbonyl (C=O) groups is 1. The minimum atomic E-state index is 0.145. The lowest BCUT2D eigenvalue weighted by Crippen LogP contribution is -1.96. The van der Waals surface area contributed by atoms with Crippen molar-refractivity contribution in [3.05, 3.63) is 65.3 Å². The van der Waals surface area contributed by atoms with Gasteiger partial charge in [-0.2, -0.15) is 0 Å². The van der Waals surface area contributed by atoms with Crippen LogP contribution in [0.3, 0.4) is 0 Å². The highest BCUT2D eigenvalue weighted by atomic mass is 35.5. The van der Waals surface area contributed by atoms with Gasteiger partial charge in [-0.15, -0.1) is 0 Å². The molecule has 0 atom stereocenters. The smallest absolute Gasteiger partial charge is 0.293 e. The number of ether oxygens (including phenoxy) is 1. The number of hydrogen-bond acceptors (Lipinski definition) is 3. The molecule has 0 fully saturated rings. The molecule has 1 heterocycles. The van der Waals surface area contributed by atoms with Crippen LogP contribution in [0.5, 0.6) is 0 Å². The van der Waals surface area contributed by atoms with Crippen LogP contribution in [0.15, 0.2) is 54.6 Å². The fourth-order valence-corrected chi connectivity index (χ4v) is 2.47. The zero-order valence-corrected chi connectivity index (χ0v) is 11.9. The van der Waals surface area contributed by atoms with Gasteiger partial charge in [-0.3, -0.25) is 4.79 Å². The standard InChI is InChI=1S/C17H12ClNO2/c18-13-6-7-15-16(12-4-2-1-3-5-12)9-14(10-21-11-20)19-17(15)8-13/h1-9,11H,10H2. The molecule has 0 radical (unpaired) electrons. The molecule has 3 rings (SSSR count). The van der Waals surface area contributed by atoms with E-state index in [2.05, 4.69) is 4.98 Å². The molecule has 0 N–H and O–H groups in total. The molecule has 4 heteroatoms. The summed E-state index contributed by atoms with van der Waals surface area (Å²) in [6.07, 6.45) is 0. The van der Waals surface area contributed by atoms with Gasteiger partial charge in [0.25, 0.3) is 6.47 Å². The average Bonchev–Trinajstić information content (AvgIpc) is 2.52. The second-order valence-corrected chi connectivity index (χ2v) is 5.03. The number of benzene rings is 2.